The number of carbonyl (C=O) groups is 1. The Hall–Kier alpha value is -2.23. The zero-order valence-corrected chi connectivity index (χ0v) is 10.3. The summed E-state index contributed by atoms with van der Waals surface area (Å²) in [7, 11) is 0. The molecule has 2 aromatic rings. The maximum atomic E-state index is 11.1. The summed E-state index contributed by atoms with van der Waals surface area (Å²) in [6.45, 7) is 2.35. The van der Waals surface area contributed by atoms with Gasteiger partial charge in [0.2, 0.25) is 5.91 Å². The molecule has 2 rings (SSSR count). The van der Waals surface area contributed by atoms with Crippen molar-refractivity contribution in [2.24, 2.45) is 0 Å². The molecule has 1 N–H and O–H groups in total. The van der Waals surface area contributed by atoms with Crippen LogP contribution in [0.4, 0.5) is 0 Å². The Balaban J connectivity index is 2.04. The topological polar surface area (TPSA) is 54.9 Å². The first-order valence-corrected chi connectivity index (χ1v) is 5.92. The van der Waals surface area contributed by atoms with E-state index >= 15 is 0 Å². The number of hydrogen-bond donors (Lipinski definition) is 1. The third-order valence-electron chi connectivity index (χ3n) is 2.56. The van der Waals surface area contributed by atoms with Crippen molar-refractivity contribution in [3.05, 3.63) is 48.3 Å². The third kappa shape index (κ3) is 3.13. The maximum absolute atomic E-state index is 11.1. The van der Waals surface area contributed by atoms with Crippen LogP contribution in [0.1, 0.15) is 18.9 Å². The molecule has 92 valence electrons. The van der Waals surface area contributed by atoms with Crippen molar-refractivity contribution >= 4 is 5.91 Å². The van der Waals surface area contributed by atoms with E-state index in [2.05, 4.69) is 15.3 Å². The summed E-state index contributed by atoms with van der Waals surface area (Å²) in [4.78, 5) is 19.7. The maximum Gasteiger partial charge on any atom is 0.219 e. The number of nitrogens with one attached hydrogen (secondary N) is 1. The first kappa shape index (κ1) is 12.2. The lowest BCUT2D eigenvalue weighted by Crippen LogP contribution is -2.21. The summed E-state index contributed by atoms with van der Waals surface area (Å²) in [5, 5.41) is 2.81. The van der Waals surface area contributed by atoms with Crippen LogP contribution in [0.3, 0.4) is 0 Å². The van der Waals surface area contributed by atoms with E-state index in [4.69, 9.17) is 0 Å². The molecule has 18 heavy (non-hydrogen) atoms. The second-order valence-corrected chi connectivity index (χ2v) is 3.90. The molecular weight excluding hydrogens is 226 g/mol. The molecule has 2 aromatic heterocycles. The predicted molar refractivity (Wildman–Crippen MR) is 69.6 cm³/mol. The zero-order valence-electron chi connectivity index (χ0n) is 10.3. The Kier molecular flexibility index (Phi) is 4.02. The lowest BCUT2D eigenvalue weighted by molar-refractivity contribution is -0.120. The van der Waals surface area contributed by atoms with Gasteiger partial charge in [-0.05, 0) is 23.8 Å². The largest absolute Gasteiger partial charge is 0.352 e. The average molecular weight is 241 g/mol. The minimum atomic E-state index is 0.0452. The van der Waals surface area contributed by atoms with E-state index in [-0.39, 0.29) is 5.91 Å². The van der Waals surface area contributed by atoms with Gasteiger partial charge >= 0.3 is 0 Å². The second kappa shape index (κ2) is 5.91. The van der Waals surface area contributed by atoms with Gasteiger partial charge in [-0.25, -0.2) is 0 Å². The van der Waals surface area contributed by atoms with Gasteiger partial charge in [-0.3, -0.25) is 14.8 Å². The van der Waals surface area contributed by atoms with Crippen molar-refractivity contribution in [1.82, 2.24) is 15.3 Å². The highest BCUT2D eigenvalue weighted by molar-refractivity contribution is 5.75. The summed E-state index contributed by atoms with van der Waals surface area (Å²) >= 11 is 0. The Bertz CT molecular complexity index is 508. The van der Waals surface area contributed by atoms with Crippen LogP contribution in [0.25, 0.3) is 11.4 Å². The van der Waals surface area contributed by atoms with Crippen molar-refractivity contribution in [3.8, 4) is 11.4 Å². The van der Waals surface area contributed by atoms with Gasteiger partial charge in [0.1, 0.15) is 0 Å². The van der Waals surface area contributed by atoms with Gasteiger partial charge in [0.25, 0.3) is 0 Å². The number of amides is 1. The summed E-state index contributed by atoms with van der Waals surface area (Å²) in [5.41, 5.74) is 2.67. The Morgan fingerprint density at radius 3 is 2.61 bits per heavy atom. The van der Waals surface area contributed by atoms with E-state index in [1.165, 1.54) is 0 Å². The van der Waals surface area contributed by atoms with E-state index in [0.29, 0.717) is 13.0 Å². The molecule has 1 amide bonds. The molecule has 0 saturated carbocycles. The molecule has 4 nitrogen and oxygen atoms in total. The van der Waals surface area contributed by atoms with Gasteiger partial charge in [-0.2, -0.15) is 0 Å². The van der Waals surface area contributed by atoms with Gasteiger partial charge in [0.15, 0.2) is 0 Å². The molecule has 0 unspecified atom stereocenters. The Labute approximate surface area is 106 Å². The number of hydrogen-bond acceptors (Lipinski definition) is 3. The first-order chi connectivity index (χ1) is 8.79. The SMILES string of the molecule is CCC(=O)NCc1ccc(-c2ccccn2)nc1. The summed E-state index contributed by atoms with van der Waals surface area (Å²) in [5.74, 6) is 0.0452. The standard InChI is InChI=1S/C14H15N3O/c1-2-14(18)17-10-11-6-7-13(16-9-11)12-5-3-4-8-15-12/h3-9H,2,10H2,1H3,(H,17,18). The molecule has 0 spiro atoms. The third-order valence-corrected chi connectivity index (χ3v) is 2.56. The number of aromatic nitrogens is 2. The molecule has 0 aliphatic carbocycles. The molecule has 0 saturated heterocycles. The lowest BCUT2D eigenvalue weighted by atomic mass is 10.2. The van der Waals surface area contributed by atoms with Gasteiger partial charge in [-0.1, -0.05) is 19.1 Å². The fourth-order valence-electron chi connectivity index (χ4n) is 1.52. The normalized spacial score (nSPS) is 10.1. The summed E-state index contributed by atoms with van der Waals surface area (Å²) in [6, 6.07) is 9.58. The van der Waals surface area contributed by atoms with Crippen LogP contribution < -0.4 is 5.32 Å². The quantitative estimate of drug-likeness (QED) is 0.892. The number of nitrogens with zero attached hydrogens (tertiary/aromatic N) is 2. The molecule has 0 bridgehead atoms. The molecule has 4 heteroatoms. The molecule has 2 heterocycles. The molecule has 0 fully saturated rings. The second-order valence-electron chi connectivity index (χ2n) is 3.90. The Morgan fingerprint density at radius 1 is 1.17 bits per heavy atom. The predicted octanol–water partition coefficient (Wildman–Crippen LogP) is 2.17. The average Bonchev–Trinajstić information content (AvgIpc) is 2.46. The minimum absolute atomic E-state index is 0.0452. The number of pyridine rings is 2. The summed E-state index contributed by atoms with van der Waals surface area (Å²) < 4.78 is 0. The van der Waals surface area contributed by atoms with Crippen molar-refractivity contribution in [2.75, 3.05) is 0 Å². The van der Waals surface area contributed by atoms with Crippen molar-refractivity contribution in [2.45, 2.75) is 19.9 Å². The minimum Gasteiger partial charge on any atom is -0.352 e. The van der Waals surface area contributed by atoms with Crippen LogP contribution >= 0.6 is 0 Å². The van der Waals surface area contributed by atoms with E-state index in [9.17, 15) is 4.79 Å². The monoisotopic (exact) mass is 241 g/mol. The molecule has 0 aromatic carbocycles. The summed E-state index contributed by atoms with van der Waals surface area (Å²) in [6.07, 6.45) is 4.01. The first-order valence-electron chi connectivity index (χ1n) is 5.92. The number of rotatable bonds is 4. The molecule has 0 radical (unpaired) electrons. The molecule has 0 aliphatic rings. The van der Waals surface area contributed by atoms with Crippen LogP contribution in [0, 0.1) is 0 Å². The molecule has 0 atom stereocenters. The van der Waals surface area contributed by atoms with Crippen LogP contribution in [0.5, 0.6) is 0 Å². The van der Waals surface area contributed by atoms with Crippen LogP contribution in [0.2, 0.25) is 0 Å². The van der Waals surface area contributed by atoms with E-state index < -0.39 is 0 Å². The fourth-order valence-corrected chi connectivity index (χ4v) is 1.52. The van der Waals surface area contributed by atoms with E-state index in [0.717, 1.165) is 17.0 Å². The lowest BCUT2D eigenvalue weighted by Gasteiger charge is -2.04. The molecular formula is C14H15N3O. The fraction of sp³-hybridized carbons (Fsp3) is 0.214. The zero-order chi connectivity index (χ0) is 12.8. The van der Waals surface area contributed by atoms with Gasteiger partial charge in [-0.15, -0.1) is 0 Å². The van der Waals surface area contributed by atoms with Gasteiger partial charge in [0, 0.05) is 25.4 Å². The van der Waals surface area contributed by atoms with Gasteiger partial charge < -0.3 is 5.32 Å². The van der Waals surface area contributed by atoms with Crippen LogP contribution in [0.15, 0.2) is 42.7 Å². The van der Waals surface area contributed by atoms with E-state index in [1.54, 1.807) is 12.4 Å². The number of carbonyl (C=O) groups excluding carboxylic acids is 1. The van der Waals surface area contributed by atoms with Gasteiger partial charge in [0.05, 0.1) is 11.4 Å². The molecule has 0 aliphatic heterocycles. The highest BCUT2D eigenvalue weighted by atomic mass is 16.1. The van der Waals surface area contributed by atoms with Crippen LogP contribution in [-0.2, 0) is 11.3 Å². The highest BCUT2D eigenvalue weighted by Crippen LogP contribution is 2.13. The Morgan fingerprint density at radius 2 is 2.00 bits per heavy atom. The van der Waals surface area contributed by atoms with E-state index in [1.807, 2.05) is 37.3 Å². The van der Waals surface area contributed by atoms with Crippen molar-refractivity contribution in [1.29, 1.82) is 0 Å². The van der Waals surface area contributed by atoms with Crippen molar-refractivity contribution in [3.63, 3.8) is 0 Å². The van der Waals surface area contributed by atoms with Crippen molar-refractivity contribution < 1.29 is 4.79 Å². The highest BCUT2D eigenvalue weighted by Gasteiger charge is 2.01. The smallest absolute Gasteiger partial charge is 0.219 e. The van der Waals surface area contributed by atoms with Crippen LogP contribution in [-0.4, -0.2) is 15.9 Å².